The first kappa shape index (κ1) is 12.8. The van der Waals surface area contributed by atoms with Crippen LogP contribution in [0.15, 0.2) is 34.4 Å². The minimum atomic E-state index is -0.169. The van der Waals surface area contributed by atoms with Crippen molar-refractivity contribution in [3.8, 4) is 0 Å². The number of amides is 1. The molecule has 1 heterocycles. The van der Waals surface area contributed by atoms with E-state index in [0.29, 0.717) is 16.8 Å². The fourth-order valence-corrected chi connectivity index (χ4v) is 2.21. The van der Waals surface area contributed by atoms with Gasteiger partial charge in [-0.2, -0.15) is 0 Å². The van der Waals surface area contributed by atoms with Crippen LogP contribution in [0.5, 0.6) is 0 Å². The summed E-state index contributed by atoms with van der Waals surface area (Å²) in [5, 5.41) is 2.74. The molecule has 0 radical (unpaired) electrons. The van der Waals surface area contributed by atoms with Gasteiger partial charge in [0.15, 0.2) is 5.78 Å². The van der Waals surface area contributed by atoms with Crippen LogP contribution in [-0.2, 0) is 4.79 Å². The predicted octanol–water partition coefficient (Wildman–Crippen LogP) is 2.42. The third-order valence-electron chi connectivity index (χ3n) is 2.56. The smallest absolute Gasteiger partial charge is 0.229 e. The molecule has 1 N–H and O–H groups in total. The minimum Gasteiger partial charge on any atom is -0.383 e. The number of carbonyl (C=O) groups is 2. The van der Waals surface area contributed by atoms with Crippen LogP contribution in [0.1, 0.15) is 16.8 Å². The summed E-state index contributed by atoms with van der Waals surface area (Å²) in [4.78, 5) is 25.9. The number of benzene rings is 1. The number of ketones is 1. The summed E-state index contributed by atoms with van der Waals surface area (Å²) in [5.41, 5.74) is 1.58. The van der Waals surface area contributed by atoms with Crippen molar-refractivity contribution in [1.29, 1.82) is 0 Å². The molecular weight excluding hydrogens is 296 g/mol. The number of nitrogens with one attached hydrogen (secondary N) is 1. The van der Waals surface area contributed by atoms with Crippen LogP contribution in [0.4, 0.5) is 5.69 Å². The van der Waals surface area contributed by atoms with Gasteiger partial charge in [0, 0.05) is 35.9 Å². The lowest BCUT2D eigenvalue weighted by molar-refractivity contribution is -0.115. The molecule has 5 heteroatoms. The van der Waals surface area contributed by atoms with E-state index in [1.54, 1.807) is 29.3 Å². The van der Waals surface area contributed by atoms with Gasteiger partial charge in [0.1, 0.15) is 0 Å². The second-order valence-corrected chi connectivity index (χ2v) is 5.28. The molecule has 0 aliphatic carbocycles. The lowest BCUT2D eigenvalue weighted by atomic mass is 10.0. The first-order chi connectivity index (χ1) is 8.47. The number of carbonyl (C=O) groups excluding carboxylic acids is 2. The number of Topliss-reactive ketones (excluding diaryl/α,β-unsaturated/α-hetero) is 1. The Morgan fingerprint density at radius 1 is 1.33 bits per heavy atom. The predicted molar refractivity (Wildman–Crippen MR) is 73.5 cm³/mol. The molecule has 1 amide bonds. The fraction of sp³-hybridized carbons (Fsp3) is 0.231. The number of halogens is 1. The van der Waals surface area contributed by atoms with Crippen LogP contribution in [-0.4, -0.2) is 30.7 Å². The van der Waals surface area contributed by atoms with Crippen LogP contribution >= 0.6 is 15.9 Å². The number of nitrogens with zero attached hydrogens (tertiary/aromatic N) is 1. The van der Waals surface area contributed by atoms with Crippen molar-refractivity contribution in [2.75, 3.05) is 19.4 Å². The molecule has 0 saturated heterocycles. The SMILES string of the molecule is CN(C)C=C1CC(=O)Nc2ccc(Br)cc2C1=O. The zero-order chi connectivity index (χ0) is 13.3. The molecule has 0 bridgehead atoms. The van der Waals surface area contributed by atoms with Crippen molar-refractivity contribution < 1.29 is 9.59 Å². The van der Waals surface area contributed by atoms with Gasteiger partial charge in [-0.1, -0.05) is 15.9 Å². The lowest BCUT2D eigenvalue weighted by Crippen LogP contribution is -2.12. The molecule has 18 heavy (non-hydrogen) atoms. The average Bonchev–Trinajstić information content (AvgIpc) is 2.38. The summed E-state index contributed by atoms with van der Waals surface area (Å²) in [7, 11) is 3.65. The Morgan fingerprint density at radius 2 is 2.06 bits per heavy atom. The Balaban J connectivity index is 2.54. The molecule has 0 unspecified atom stereocenters. The van der Waals surface area contributed by atoms with Crippen molar-refractivity contribution in [2.45, 2.75) is 6.42 Å². The Kier molecular flexibility index (Phi) is 3.52. The molecule has 4 nitrogen and oxygen atoms in total. The summed E-state index contributed by atoms with van der Waals surface area (Å²) in [6, 6.07) is 5.26. The van der Waals surface area contributed by atoms with Crippen LogP contribution in [0.25, 0.3) is 0 Å². The number of anilines is 1. The largest absolute Gasteiger partial charge is 0.383 e. The average molecular weight is 309 g/mol. The monoisotopic (exact) mass is 308 g/mol. The molecule has 1 aromatic carbocycles. The van der Waals surface area contributed by atoms with Gasteiger partial charge in [-0.3, -0.25) is 9.59 Å². The second-order valence-electron chi connectivity index (χ2n) is 4.36. The Bertz CT molecular complexity index is 550. The van der Waals surface area contributed by atoms with Crippen LogP contribution in [0.2, 0.25) is 0 Å². The van der Waals surface area contributed by atoms with Crippen LogP contribution in [0.3, 0.4) is 0 Å². The number of fused-ring (bicyclic) bond motifs is 1. The zero-order valence-electron chi connectivity index (χ0n) is 10.2. The summed E-state index contributed by atoms with van der Waals surface area (Å²) < 4.78 is 0.815. The maximum Gasteiger partial charge on any atom is 0.229 e. The maximum absolute atomic E-state index is 12.4. The molecule has 0 fully saturated rings. The molecule has 0 aromatic heterocycles. The van der Waals surface area contributed by atoms with Crippen molar-refractivity contribution in [3.63, 3.8) is 0 Å². The van der Waals surface area contributed by atoms with Crippen LogP contribution < -0.4 is 5.32 Å². The maximum atomic E-state index is 12.4. The molecule has 2 rings (SSSR count). The summed E-state index contributed by atoms with van der Waals surface area (Å²) >= 11 is 3.33. The highest BCUT2D eigenvalue weighted by atomic mass is 79.9. The third kappa shape index (κ3) is 2.61. The number of rotatable bonds is 1. The van der Waals surface area contributed by atoms with E-state index < -0.39 is 0 Å². The van der Waals surface area contributed by atoms with Gasteiger partial charge in [-0.05, 0) is 18.2 Å². The normalized spacial score (nSPS) is 17.2. The molecule has 0 spiro atoms. The van der Waals surface area contributed by atoms with Gasteiger partial charge in [-0.15, -0.1) is 0 Å². The van der Waals surface area contributed by atoms with E-state index in [4.69, 9.17) is 0 Å². The van der Waals surface area contributed by atoms with Crippen molar-refractivity contribution in [2.24, 2.45) is 0 Å². The summed E-state index contributed by atoms with van der Waals surface area (Å²) in [6.45, 7) is 0. The summed E-state index contributed by atoms with van der Waals surface area (Å²) in [6.07, 6.45) is 1.79. The molecular formula is C13H13BrN2O2. The van der Waals surface area contributed by atoms with Crippen molar-refractivity contribution >= 4 is 33.3 Å². The van der Waals surface area contributed by atoms with E-state index in [0.717, 1.165) is 4.47 Å². The summed E-state index contributed by atoms with van der Waals surface area (Å²) in [5.74, 6) is -0.282. The Labute approximate surface area is 114 Å². The molecule has 0 saturated carbocycles. The highest BCUT2D eigenvalue weighted by molar-refractivity contribution is 9.10. The van der Waals surface area contributed by atoms with E-state index in [1.807, 2.05) is 14.1 Å². The fourth-order valence-electron chi connectivity index (χ4n) is 1.85. The Hall–Kier alpha value is -1.62. The molecule has 94 valence electrons. The van der Waals surface area contributed by atoms with E-state index in [-0.39, 0.29) is 18.1 Å². The second kappa shape index (κ2) is 4.94. The van der Waals surface area contributed by atoms with Gasteiger partial charge in [0.05, 0.1) is 12.1 Å². The topological polar surface area (TPSA) is 49.4 Å². The van der Waals surface area contributed by atoms with E-state index in [2.05, 4.69) is 21.2 Å². The number of hydrogen-bond acceptors (Lipinski definition) is 3. The van der Waals surface area contributed by atoms with Gasteiger partial charge >= 0.3 is 0 Å². The van der Waals surface area contributed by atoms with Gasteiger partial charge in [-0.25, -0.2) is 0 Å². The third-order valence-corrected chi connectivity index (χ3v) is 3.05. The minimum absolute atomic E-state index is 0.101. The standard InChI is InChI=1S/C13H13BrN2O2/c1-16(2)7-8-5-12(17)15-11-4-3-9(14)6-10(11)13(8)18/h3-4,6-7H,5H2,1-2H3,(H,15,17). The zero-order valence-corrected chi connectivity index (χ0v) is 11.7. The number of hydrogen-bond donors (Lipinski definition) is 1. The highest BCUT2D eigenvalue weighted by Crippen LogP contribution is 2.27. The highest BCUT2D eigenvalue weighted by Gasteiger charge is 2.24. The molecule has 1 aromatic rings. The first-order valence-electron chi connectivity index (χ1n) is 5.48. The Morgan fingerprint density at radius 3 is 2.72 bits per heavy atom. The van der Waals surface area contributed by atoms with E-state index >= 15 is 0 Å². The first-order valence-corrected chi connectivity index (χ1v) is 6.28. The van der Waals surface area contributed by atoms with E-state index in [9.17, 15) is 9.59 Å². The van der Waals surface area contributed by atoms with Crippen molar-refractivity contribution in [3.05, 3.63) is 40.0 Å². The van der Waals surface area contributed by atoms with Crippen LogP contribution in [0, 0.1) is 0 Å². The molecule has 1 aliphatic rings. The lowest BCUT2D eigenvalue weighted by Gasteiger charge is -2.08. The van der Waals surface area contributed by atoms with Gasteiger partial charge in [0.2, 0.25) is 5.91 Å². The van der Waals surface area contributed by atoms with Gasteiger partial charge in [0.25, 0.3) is 0 Å². The van der Waals surface area contributed by atoms with E-state index in [1.165, 1.54) is 0 Å². The van der Waals surface area contributed by atoms with Gasteiger partial charge < -0.3 is 10.2 Å². The van der Waals surface area contributed by atoms with Crippen molar-refractivity contribution in [1.82, 2.24) is 4.90 Å². The quantitative estimate of drug-likeness (QED) is 0.811. The molecule has 0 atom stereocenters. The molecule has 1 aliphatic heterocycles.